The standard InChI is InChI=1S/C30H29N3O3/c1-3-35-27-16-20(28-23(17-31)30(32)33(2)24-12-7-13-25(34)29(24)28)14-15-26(27)36-18-21-10-6-9-19-8-4-5-11-22(19)21/h4-6,8-11,14-16,28H,3,7,12-13,18,32H2,1-2H3/t28-/m0/s1. The molecule has 1 atom stereocenters. The van der Waals surface area contributed by atoms with E-state index in [0.29, 0.717) is 48.1 Å². The second-order valence-electron chi connectivity index (χ2n) is 9.11. The number of benzene rings is 3. The van der Waals surface area contributed by atoms with Crippen LogP contribution in [0.3, 0.4) is 0 Å². The lowest BCUT2D eigenvalue weighted by Crippen LogP contribution is -2.36. The van der Waals surface area contributed by atoms with Crippen LogP contribution in [0.1, 0.15) is 43.2 Å². The Bertz CT molecular complexity index is 1440. The number of Topliss-reactive ketones (excluding diaryl/α,β-unsaturated/α-hetero) is 1. The van der Waals surface area contributed by atoms with Crippen molar-refractivity contribution in [2.75, 3.05) is 13.7 Å². The number of nitrogens with two attached hydrogens (primary N) is 1. The molecule has 3 aromatic rings. The van der Waals surface area contributed by atoms with Crippen molar-refractivity contribution in [3.05, 3.63) is 94.5 Å². The lowest BCUT2D eigenvalue weighted by atomic mass is 9.76. The zero-order valence-electron chi connectivity index (χ0n) is 20.6. The molecule has 3 aromatic carbocycles. The van der Waals surface area contributed by atoms with E-state index in [-0.39, 0.29) is 5.78 Å². The van der Waals surface area contributed by atoms with Gasteiger partial charge in [0.15, 0.2) is 17.3 Å². The van der Waals surface area contributed by atoms with Gasteiger partial charge in [0.25, 0.3) is 0 Å². The van der Waals surface area contributed by atoms with Crippen molar-refractivity contribution in [3.63, 3.8) is 0 Å². The van der Waals surface area contributed by atoms with Crippen molar-refractivity contribution in [2.45, 2.75) is 38.7 Å². The van der Waals surface area contributed by atoms with E-state index in [4.69, 9.17) is 15.2 Å². The van der Waals surface area contributed by atoms with Crippen LogP contribution in [0.5, 0.6) is 11.5 Å². The first-order valence-electron chi connectivity index (χ1n) is 12.3. The number of fused-ring (bicyclic) bond motifs is 1. The average Bonchev–Trinajstić information content (AvgIpc) is 2.90. The molecule has 5 rings (SSSR count). The maximum absolute atomic E-state index is 13.1. The van der Waals surface area contributed by atoms with Gasteiger partial charge in [0.1, 0.15) is 12.4 Å². The molecule has 36 heavy (non-hydrogen) atoms. The normalized spacial score (nSPS) is 17.8. The number of rotatable bonds is 6. The Balaban J connectivity index is 1.52. The van der Waals surface area contributed by atoms with E-state index in [0.717, 1.165) is 40.4 Å². The molecule has 0 radical (unpaired) electrons. The fourth-order valence-electron chi connectivity index (χ4n) is 5.26. The molecule has 2 N–H and O–H groups in total. The number of carbonyl (C=O) groups is 1. The monoisotopic (exact) mass is 479 g/mol. The Morgan fingerprint density at radius 2 is 1.86 bits per heavy atom. The van der Waals surface area contributed by atoms with Crippen LogP contribution in [-0.4, -0.2) is 24.3 Å². The van der Waals surface area contributed by atoms with Crippen LogP contribution in [0.15, 0.2) is 83.3 Å². The molecule has 0 fully saturated rings. The van der Waals surface area contributed by atoms with Gasteiger partial charge in [-0.15, -0.1) is 0 Å². The summed E-state index contributed by atoms with van der Waals surface area (Å²) in [4.78, 5) is 14.9. The SMILES string of the molecule is CCOc1cc([C@H]2C(C#N)=C(N)N(C)C3=C2C(=O)CCC3)ccc1OCc1cccc2ccccc12. The van der Waals surface area contributed by atoms with Crippen molar-refractivity contribution in [1.29, 1.82) is 5.26 Å². The number of allylic oxidation sites excluding steroid dienone is 3. The molecule has 6 heteroatoms. The van der Waals surface area contributed by atoms with Gasteiger partial charge >= 0.3 is 0 Å². The van der Waals surface area contributed by atoms with Crippen LogP contribution in [0, 0.1) is 11.3 Å². The van der Waals surface area contributed by atoms with E-state index in [1.807, 2.05) is 50.4 Å². The Morgan fingerprint density at radius 3 is 2.67 bits per heavy atom. The van der Waals surface area contributed by atoms with Crippen molar-refractivity contribution >= 4 is 16.6 Å². The van der Waals surface area contributed by atoms with Crippen LogP contribution >= 0.6 is 0 Å². The Labute approximate surface area is 211 Å². The largest absolute Gasteiger partial charge is 0.490 e. The molecule has 0 saturated heterocycles. The molecule has 182 valence electrons. The third-order valence-corrected chi connectivity index (χ3v) is 7.03. The average molecular weight is 480 g/mol. The molecule has 1 aliphatic carbocycles. The number of hydrogen-bond acceptors (Lipinski definition) is 6. The minimum absolute atomic E-state index is 0.0718. The van der Waals surface area contributed by atoms with Gasteiger partial charge in [-0.1, -0.05) is 48.5 Å². The summed E-state index contributed by atoms with van der Waals surface area (Å²) in [6.07, 6.45) is 2.03. The predicted molar refractivity (Wildman–Crippen MR) is 139 cm³/mol. The van der Waals surface area contributed by atoms with Gasteiger partial charge in [0, 0.05) is 24.7 Å². The maximum Gasteiger partial charge on any atom is 0.161 e. The number of ether oxygens (including phenoxy) is 2. The number of carbonyl (C=O) groups excluding carboxylic acids is 1. The Kier molecular flexibility index (Phi) is 6.39. The Morgan fingerprint density at radius 1 is 1.06 bits per heavy atom. The highest BCUT2D eigenvalue weighted by molar-refractivity contribution is 5.99. The summed E-state index contributed by atoms with van der Waals surface area (Å²) >= 11 is 0. The topological polar surface area (TPSA) is 88.6 Å². The number of nitriles is 1. The zero-order valence-corrected chi connectivity index (χ0v) is 20.6. The van der Waals surface area contributed by atoms with Gasteiger partial charge in [-0.05, 0) is 53.8 Å². The first kappa shape index (κ1) is 23.5. The fourth-order valence-corrected chi connectivity index (χ4v) is 5.26. The summed E-state index contributed by atoms with van der Waals surface area (Å²) in [6, 6.07) is 22.3. The minimum atomic E-state index is -0.514. The summed E-state index contributed by atoms with van der Waals surface area (Å²) in [5.41, 5.74) is 10.2. The van der Waals surface area contributed by atoms with Crippen molar-refractivity contribution in [3.8, 4) is 17.6 Å². The molecule has 0 aromatic heterocycles. The third kappa shape index (κ3) is 4.07. The number of hydrogen-bond donors (Lipinski definition) is 1. The fraction of sp³-hybridized carbons (Fsp3) is 0.267. The maximum atomic E-state index is 13.1. The molecule has 0 unspecified atom stereocenters. The predicted octanol–water partition coefficient (Wildman–Crippen LogP) is 5.55. The van der Waals surface area contributed by atoms with E-state index in [2.05, 4.69) is 30.3 Å². The first-order valence-corrected chi connectivity index (χ1v) is 12.3. The molecule has 6 nitrogen and oxygen atoms in total. The first-order chi connectivity index (χ1) is 17.5. The lowest BCUT2D eigenvalue weighted by molar-refractivity contribution is -0.116. The highest BCUT2D eigenvalue weighted by Gasteiger charge is 2.38. The second kappa shape index (κ2) is 9.79. The van der Waals surface area contributed by atoms with Gasteiger partial charge in [-0.2, -0.15) is 5.26 Å². The number of ketones is 1. The molecule has 1 aliphatic heterocycles. The summed E-state index contributed by atoms with van der Waals surface area (Å²) in [7, 11) is 1.83. The third-order valence-electron chi connectivity index (χ3n) is 7.03. The van der Waals surface area contributed by atoms with Crippen LogP contribution in [-0.2, 0) is 11.4 Å². The highest BCUT2D eigenvalue weighted by Crippen LogP contribution is 2.45. The quantitative estimate of drug-likeness (QED) is 0.499. The van der Waals surface area contributed by atoms with Crippen LogP contribution < -0.4 is 15.2 Å². The zero-order chi connectivity index (χ0) is 25.2. The van der Waals surface area contributed by atoms with Gasteiger partial charge in [-0.3, -0.25) is 4.79 Å². The number of nitrogens with zero attached hydrogens (tertiary/aromatic N) is 2. The molecule has 2 aliphatic rings. The van der Waals surface area contributed by atoms with Gasteiger partial charge in [0.2, 0.25) is 0 Å². The van der Waals surface area contributed by atoms with E-state index >= 15 is 0 Å². The van der Waals surface area contributed by atoms with Gasteiger partial charge in [0.05, 0.1) is 24.2 Å². The van der Waals surface area contributed by atoms with E-state index in [1.165, 1.54) is 0 Å². The molecule has 1 heterocycles. The molecule has 0 bridgehead atoms. The van der Waals surface area contributed by atoms with Crippen molar-refractivity contribution in [1.82, 2.24) is 4.90 Å². The summed E-state index contributed by atoms with van der Waals surface area (Å²) in [6.45, 7) is 2.76. The van der Waals surface area contributed by atoms with E-state index in [1.54, 1.807) is 4.90 Å². The molecular formula is C30H29N3O3. The molecule has 0 spiro atoms. The summed E-state index contributed by atoms with van der Waals surface area (Å²) < 4.78 is 12.2. The smallest absolute Gasteiger partial charge is 0.161 e. The van der Waals surface area contributed by atoms with Crippen LogP contribution in [0.25, 0.3) is 10.8 Å². The Hall–Kier alpha value is -4.24. The molecule has 0 saturated carbocycles. The minimum Gasteiger partial charge on any atom is -0.490 e. The van der Waals surface area contributed by atoms with Crippen LogP contribution in [0.4, 0.5) is 0 Å². The van der Waals surface area contributed by atoms with Gasteiger partial charge in [-0.25, -0.2) is 0 Å². The second-order valence-corrected chi connectivity index (χ2v) is 9.11. The van der Waals surface area contributed by atoms with E-state index in [9.17, 15) is 10.1 Å². The van der Waals surface area contributed by atoms with Crippen molar-refractivity contribution in [2.24, 2.45) is 5.73 Å². The molecule has 0 amide bonds. The lowest BCUT2D eigenvalue weighted by Gasteiger charge is -2.37. The van der Waals surface area contributed by atoms with E-state index < -0.39 is 5.92 Å². The summed E-state index contributed by atoms with van der Waals surface area (Å²) in [5, 5.41) is 12.3. The summed E-state index contributed by atoms with van der Waals surface area (Å²) in [5.74, 6) is 1.14. The van der Waals surface area contributed by atoms with Crippen molar-refractivity contribution < 1.29 is 14.3 Å². The molecular weight excluding hydrogens is 450 g/mol. The highest BCUT2D eigenvalue weighted by atomic mass is 16.5. The van der Waals surface area contributed by atoms with Gasteiger partial charge < -0.3 is 20.1 Å². The van der Waals surface area contributed by atoms with Crippen LogP contribution in [0.2, 0.25) is 0 Å².